The molecule has 2 nitrogen and oxygen atoms in total. The lowest BCUT2D eigenvalue weighted by Gasteiger charge is -2.23. The number of piperidine rings is 1. The Hall–Kier alpha value is -0.220. The van der Waals surface area contributed by atoms with Crippen LogP contribution in [-0.2, 0) is 4.74 Å². The van der Waals surface area contributed by atoms with E-state index in [0.29, 0.717) is 12.6 Å². The normalized spacial score (nSPS) is 23.8. The van der Waals surface area contributed by atoms with Crippen molar-refractivity contribution in [3.8, 4) is 0 Å². The lowest BCUT2D eigenvalue weighted by Crippen LogP contribution is -2.37. The standard InChI is InChI=1S/C10H19F2NO/c1-10(11,12)5-7-14-8-9-4-2-3-6-13-9/h9,13H,2-8H2,1H3. The Labute approximate surface area is 84.0 Å². The van der Waals surface area contributed by atoms with Gasteiger partial charge in [0.2, 0.25) is 5.92 Å². The highest BCUT2D eigenvalue weighted by atomic mass is 19.3. The number of hydrogen-bond acceptors (Lipinski definition) is 2. The van der Waals surface area contributed by atoms with E-state index in [2.05, 4.69) is 5.32 Å². The molecule has 0 bridgehead atoms. The molecule has 0 amide bonds. The van der Waals surface area contributed by atoms with Crippen molar-refractivity contribution in [1.82, 2.24) is 5.32 Å². The fraction of sp³-hybridized carbons (Fsp3) is 1.00. The fourth-order valence-electron chi connectivity index (χ4n) is 1.54. The van der Waals surface area contributed by atoms with Crippen molar-refractivity contribution in [1.29, 1.82) is 0 Å². The van der Waals surface area contributed by atoms with Crippen molar-refractivity contribution < 1.29 is 13.5 Å². The van der Waals surface area contributed by atoms with Gasteiger partial charge in [0.05, 0.1) is 13.2 Å². The zero-order valence-electron chi connectivity index (χ0n) is 8.69. The van der Waals surface area contributed by atoms with E-state index in [0.717, 1.165) is 19.9 Å². The summed E-state index contributed by atoms with van der Waals surface area (Å²) in [4.78, 5) is 0. The van der Waals surface area contributed by atoms with Gasteiger partial charge in [-0.1, -0.05) is 6.42 Å². The first kappa shape index (κ1) is 11.9. The first-order valence-corrected chi connectivity index (χ1v) is 5.27. The van der Waals surface area contributed by atoms with Crippen LogP contribution in [0.4, 0.5) is 8.78 Å². The van der Waals surface area contributed by atoms with Crippen molar-refractivity contribution in [2.45, 2.75) is 44.6 Å². The molecule has 1 aliphatic heterocycles. The minimum atomic E-state index is -2.60. The van der Waals surface area contributed by atoms with E-state index in [1.165, 1.54) is 12.8 Å². The number of halogens is 2. The third-order valence-electron chi connectivity index (χ3n) is 2.42. The molecule has 1 rings (SSSR count). The summed E-state index contributed by atoms with van der Waals surface area (Å²) < 4.78 is 30.0. The number of rotatable bonds is 5. The summed E-state index contributed by atoms with van der Waals surface area (Å²) in [7, 11) is 0. The Bertz CT molecular complexity index is 153. The molecular weight excluding hydrogens is 188 g/mol. The Morgan fingerprint density at radius 2 is 2.21 bits per heavy atom. The Morgan fingerprint density at radius 1 is 1.43 bits per heavy atom. The predicted octanol–water partition coefficient (Wildman–Crippen LogP) is 2.19. The van der Waals surface area contributed by atoms with Gasteiger partial charge >= 0.3 is 0 Å². The topological polar surface area (TPSA) is 21.3 Å². The summed E-state index contributed by atoms with van der Waals surface area (Å²) in [5, 5.41) is 3.30. The van der Waals surface area contributed by atoms with Crippen LogP contribution in [-0.4, -0.2) is 31.7 Å². The third-order valence-corrected chi connectivity index (χ3v) is 2.42. The molecule has 1 N–H and O–H groups in total. The van der Waals surface area contributed by atoms with Crippen LogP contribution in [0, 0.1) is 0 Å². The van der Waals surface area contributed by atoms with Crippen molar-refractivity contribution in [2.75, 3.05) is 19.8 Å². The summed E-state index contributed by atoms with van der Waals surface area (Å²) in [6.07, 6.45) is 3.34. The molecule has 1 unspecified atom stereocenters. The van der Waals surface area contributed by atoms with Crippen molar-refractivity contribution in [3.05, 3.63) is 0 Å². The predicted molar refractivity (Wildman–Crippen MR) is 51.7 cm³/mol. The number of ether oxygens (including phenoxy) is 1. The van der Waals surface area contributed by atoms with Gasteiger partial charge in [-0.05, 0) is 26.3 Å². The van der Waals surface area contributed by atoms with E-state index < -0.39 is 5.92 Å². The average Bonchev–Trinajstić information content (AvgIpc) is 2.13. The van der Waals surface area contributed by atoms with Crippen molar-refractivity contribution in [2.24, 2.45) is 0 Å². The van der Waals surface area contributed by atoms with Gasteiger partial charge in [-0.2, -0.15) is 0 Å². The van der Waals surface area contributed by atoms with E-state index in [4.69, 9.17) is 4.74 Å². The smallest absolute Gasteiger partial charge is 0.247 e. The third kappa shape index (κ3) is 5.50. The summed E-state index contributed by atoms with van der Waals surface area (Å²) in [6.45, 7) is 2.67. The number of alkyl halides is 2. The van der Waals surface area contributed by atoms with Gasteiger partial charge in [-0.15, -0.1) is 0 Å². The highest BCUT2D eigenvalue weighted by molar-refractivity contribution is 4.71. The van der Waals surface area contributed by atoms with Crippen LogP contribution < -0.4 is 5.32 Å². The lowest BCUT2D eigenvalue weighted by atomic mass is 10.1. The van der Waals surface area contributed by atoms with Gasteiger partial charge in [-0.25, -0.2) is 8.78 Å². The van der Waals surface area contributed by atoms with E-state index in [-0.39, 0.29) is 13.0 Å². The first-order chi connectivity index (χ1) is 6.58. The van der Waals surface area contributed by atoms with Crippen LogP contribution in [0.15, 0.2) is 0 Å². The molecule has 1 saturated heterocycles. The SMILES string of the molecule is CC(F)(F)CCOCC1CCCCN1. The van der Waals surface area contributed by atoms with Crippen molar-refractivity contribution in [3.63, 3.8) is 0 Å². The molecule has 84 valence electrons. The molecular formula is C10H19F2NO. The van der Waals surface area contributed by atoms with E-state index in [9.17, 15) is 8.78 Å². The number of hydrogen-bond donors (Lipinski definition) is 1. The van der Waals surface area contributed by atoms with Crippen LogP contribution in [0.2, 0.25) is 0 Å². The van der Waals surface area contributed by atoms with Gasteiger partial charge in [-0.3, -0.25) is 0 Å². The van der Waals surface area contributed by atoms with Gasteiger partial charge < -0.3 is 10.1 Å². The van der Waals surface area contributed by atoms with Gasteiger partial charge in [0, 0.05) is 12.5 Å². The van der Waals surface area contributed by atoms with Crippen LogP contribution >= 0.6 is 0 Å². The molecule has 1 aliphatic rings. The molecule has 0 aromatic rings. The molecule has 0 aliphatic carbocycles. The van der Waals surface area contributed by atoms with E-state index >= 15 is 0 Å². The van der Waals surface area contributed by atoms with Gasteiger partial charge in [0.1, 0.15) is 0 Å². The second-order valence-corrected chi connectivity index (χ2v) is 4.04. The molecule has 1 heterocycles. The minimum absolute atomic E-state index is 0.154. The highest BCUT2D eigenvalue weighted by Crippen LogP contribution is 2.16. The summed E-state index contributed by atoms with van der Waals surface area (Å²) in [5.41, 5.74) is 0. The lowest BCUT2D eigenvalue weighted by molar-refractivity contribution is -0.0199. The molecule has 4 heteroatoms. The summed E-state index contributed by atoms with van der Waals surface area (Å²) in [6, 6.07) is 0.370. The molecule has 1 atom stereocenters. The Kier molecular flexibility index (Phi) is 4.75. The highest BCUT2D eigenvalue weighted by Gasteiger charge is 2.20. The summed E-state index contributed by atoms with van der Waals surface area (Å²) >= 11 is 0. The molecule has 0 radical (unpaired) electrons. The van der Waals surface area contributed by atoms with Crippen molar-refractivity contribution >= 4 is 0 Å². The van der Waals surface area contributed by atoms with Gasteiger partial charge in [0.15, 0.2) is 0 Å². The largest absolute Gasteiger partial charge is 0.380 e. The average molecular weight is 207 g/mol. The summed E-state index contributed by atoms with van der Waals surface area (Å²) in [5.74, 6) is -2.60. The maximum Gasteiger partial charge on any atom is 0.247 e. The van der Waals surface area contributed by atoms with Crippen LogP contribution in [0.5, 0.6) is 0 Å². The van der Waals surface area contributed by atoms with Crippen LogP contribution in [0.1, 0.15) is 32.6 Å². The maximum absolute atomic E-state index is 12.4. The molecule has 0 spiro atoms. The number of nitrogens with one attached hydrogen (secondary N) is 1. The fourth-order valence-corrected chi connectivity index (χ4v) is 1.54. The van der Waals surface area contributed by atoms with Gasteiger partial charge in [0.25, 0.3) is 0 Å². The second kappa shape index (κ2) is 5.61. The molecule has 0 saturated carbocycles. The first-order valence-electron chi connectivity index (χ1n) is 5.27. The minimum Gasteiger partial charge on any atom is -0.380 e. The molecule has 0 aromatic carbocycles. The monoisotopic (exact) mass is 207 g/mol. The zero-order chi connectivity index (χ0) is 10.4. The second-order valence-electron chi connectivity index (χ2n) is 4.04. The van der Waals surface area contributed by atoms with Crippen LogP contribution in [0.3, 0.4) is 0 Å². The quantitative estimate of drug-likeness (QED) is 0.698. The van der Waals surface area contributed by atoms with Crippen LogP contribution in [0.25, 0.3) is 0 Å². The molecule has 1 fully saturated rings. The Morgan fingerprint density at radius 3 is 2.79 bits per heavy atom. The molecule has 0 aromatic heterocycles. The van der Waals surface area contributed by atoms with E-state index in [1.54, 1.807) is 0 Å². The Balaban J connectivity index is 1.97. The van der Waals surface area contributed by atoms with E-state index in [1.807, 2.05) is 0 Å². The zero-order valence-corrected chi connectivity index (χ0v) is 8.69. The molecule has 14 heavy (non-hydrogen) atoms. The maximum atomic E-state index is 12.4.